The number of aromatic nitrogens is 2. The van der Waals surface area contributed by atoms with Gasteiger partial charge in [0.1, 0.15) is 0 Å². The van der Waals surface area contributed by atoms with Gasteiger partial charge in [0.05, 0.1) is 0 Å². The molecule has 0 fully saturated rings. The number of hydrogen-bond donors (Lipinski definition) is 0. The van der Waals surface area contributed by atoms with Gasteiger partial charge in [-0.2, -0.15) is 0 Å². The molecular formula is C19H17Br2N2OP. The first-order valence-electron chi connectivity index (χ1n) is 7.43. The van der Waals surface area contributed by atoms with Crippen molar-refractivity contribution in [2.75, 3.05) is 0 Å². The summed E-state index contributed by atoms with van der Waals surface area (Å²) in [6, 6.07) is 18.8. The summed E-state index contributed by atoms with van der Waals surface area (Å²) in [7, 11) is -0.0541. The normalized spacial score (nSPS) is 9.28. The molecule has 25 heavy (non-hydrogen) atoms. The fourth-order valence-electron chi connectivity index (χ4n) is 2.42. The molecule has 1 aromatic carbocycles. The molecule has 3 rings (SSSR count). The molecule has 128 valence electrons. The van der Waals surface area contributed by atoms with Crippen molar-refractivity contribution in [1.82, 2.24) is 0 Å². The third-order valence-corrected chi connectivity index (χ3v) is 3.91. The van der Waals surface area contributed by atoms with E-state index in [0.29, 0.717) is 6.54 Å². The monoisotopic (exact) mass is 478 g/mol. The number of benzene rings is 1. The summed E-state index contributed by atoms with van der Waals surface area (Å²) in [4.78, 5) is 0. The van der Waals surface area contributed by atoms with Gasteiger partial charge in [-0.05, 0) is 0 Å². The summed E-state index contributed by atoms with van der Waals surface area (Å²) in [6.07, 6.45) is 8.14. The Morgan fingerprint density at radius 1 is 0.760 bits per heavy atom. The second kappa shape index (κ2) is 11.2. The molecule has 0 N–H and O–H groups in total. The summed E-state index contributed by atoms with van der Waals surface area (Å²) in [5, 5.41) is 0. The minimum absolute atomic E-state index is 0. The molecule has 0 spiro atoms. The Bertz CT molecular complexity index is 880. The summed E-state index contributed by atoms with van der Waals surface area (Å²) in [6.45, 7) is 1.40. The maximum atomic E-state index is 10.4. The maximum absolute atomic E-state index is 10.4. The van der Waals surface area contributed by atoms with Crippen LogP contribution in [0.5, 0.6) is 0 Å². The van der Waals surface area contributed by atoms with Crippen LogP contribution in [0, 0.1) is 5.63 Å². The molecule has 6 heteroatoms. The van der Waals surface area contributed by atoms with E-state index in [-0.39, 0.29) is 41.9 Å². The van der Waals surface area contributed by atoms with E-state index >= 15 is 0 Å². The molecule has 2 aromatic heterocycles. The van der Waals surface area contributed by atoms with Crippen molar-refractivity contribution in [2.24, 2.45) is 0 Å². The summed E-state index contributed by atoms with van der Waals surface area (Å²) < 4.78 is 14.5. The Morgan fingerprint density at radius 3 is 1.80 bits per heavy atom. The van der Waals surface area contributed by atoms with E-state index in [4.69, 9.17) is 0 Å². The van der Waals surface area contributed by atoms with E-state index < -0.39 is 0 Å². The fourth-order valence-corrected chi connectivity index (χ4v) is 2.64. The zero-order valence-electron chi connectivity index (χ0n) is 13.4. The first kappa shape index (κ1) is 21.5. The van der Waals surface area contributed by atoms with Crippen LogP contribution in [0.1, 0.15) is 5.56 Å². The van der Waals surface area contributed by atoms with Gasteiger partial charge in [-0.3, -0.25) is 0 Å². The molecule has 0 amide bonds. The average molecular weight is 480 g/mol. The van der Waals surface area contributed by atoms with Crippen LogP contribution >= 0.6 is 7.92 Å². The first-order chi connectivity index (χ1) is 11.3. The molecule has 0 bridgehead atoms. The predicted molar refractivity (Wildman–Crippen MR) is 89.3 cm³/mol. The second-order valence-corrected chi connectivity index (χ2v) is 5.75. The standard InChI is InChI=1S/C19H17N2OP.2BrH/c22-23-15-14-20-10-6-18(7-11-20)19-8-12-21(13-9-19)16-17-4-2-1-3-5-17;;/h1-13H,14,16H2;2*1H/q+2;;/p-2. The topological polar surface area (TPSA) is 24.8 Å². The minimum atomic E-state index is -0.0541. The summed E-state index contributed by atoms with van der Waals surface area (Å²) >= 11 is 0. The maximum Gasteiger partial charge on any atom is -1.00 e. The van der Waals surface area contributed by atoms with Gasteiger partial charge in [-0.15, -0.1) is 0 Å². The van der Waals surface area contributed by atoms with Crippen molar-refractivity contribution in [3.63, 3.8) is 0 Å². The Morgan fingerprint density at radius 2 is 1.28 bits per heavy atom. The van der Waals surface area contributed by atoms with Crippen LogP contribution in [0.4, 0.5) is 0 Å². The van der Waals surface area contributed by atoms with Crippen LogP contribution in [0.25, 0.3) is 11.1 Å². The Hall–Kier alpha value is -1.51. The van der Waals surface area contributed by atoms with Crippen LogP contribution in [0.15, 0.2) is 79.4 Å². The minimum Gasteiger partial charge on any atom is -1.00 e. The zero-order valence-corrected chi connectivity index (χ0v) is 17.5. The number of halogens is 2. The Balaban J connectivity index is 0.00000156. The van der Waals surface area contributed by atoms with Crippen LogP contribution in [0.2, 0.25) is 0 Å². The van der Waals surface area contributed by atoms with E-state index in [1.54, 1.807) is 0 Å². The van der Waals surface area contributed by atoms with Crippen molar-refractivity contribution < 1.29 is 47.7 Å². The molecule has 0 saturated carbocycles. The SMILES string of the molecule is O=P#CC[n+]1ccc(-c2cc[n+](Cc3ccccc3)cc2)cc1.[Br-].[Br-]. The molecule has 0 aliphatic rings. The third-order valence-electron chi connectivity index (χ3n) is 3.64. The Labute approximate surface area is 170 Å². The number of hydrogen-bond acceptors (Lipinski definition) is 1. The van der Waals surface area contributed by atoms with Gasteiger partial charge in [0.15, 0.2) is 0 Å². The first-order valence-corrected chi connectivity index (χ1v) is 8.24. The molecule has 0 atom stereocenters. The van der Waals surface area contributed by atoms with Gasteiger partial charge < -0.3 is 34.0 Å². The molecule has 2 heterocycles. The van der Waals surface area contributed by atoms with Crippen LogP contribution in [-0.2, 0) is 17.7 Å². The van der Waals surface area contributed by atoms with Crippen LogP contribution in [-0.4, -0.2) is 0 Å². The number of rotatable bonds is 4. The molecule has 0 radical (unpaired) electrons. The third kappa shape index (κ3) is 6.37. The van der Waals surface area contributed by atoms with E-state index in [1.807, 2.05) is 23.0 Å². The van der Waals surface area contributed by atoms with Crippen molar-refractivity contribution in [2.45, 2.75) is 13.1 Å². The quantitative estimate of drug-likeness (QED) is 0.294. The van der Waals surface area contributed by atoms with E-state index in [9.17, 15) is 4.57 Å². The van der Waals surface area contributed by atoms with E-state index in [1.165, 1.54) is 11.1 Å². The summed E-state index contributed by atoms with van der Waals surface area (Å²) in [5.74, 6) is 0. The van der Waals surface area contributed by atoms with Gasteiger partial charge in [0, 0.05) is 0 Å². The molecule has 0 unspecified atom stereocenters. The molecule has 3 aromatic rings. The van der Waals surface area contributed by atoms with Crippen molar-refractivity contribution in [3.8, 4) is 16.8 Å². The van der Waals surface area contributed by atoms with Gasteiger partial charge in [-0.25, -0.2) is 0 Å². The molecule has 0 saturated heterocycles. The van der Waals surface area contributed by atoms with E-state index in [2.05, 4.69) is 71.1 Å². The molecule has 0 aliphatic carbocycles. The van der Waals surface area contributed by atoms with Crippen molar-refractivity contribution in [3.05, 3.63) is 84.9 Å². The van der Waals surface area contributed by atoms with Gasteiger partial charge in [0.25, 0.3) is 0 Å². The van der Waals surface area contributed by atoms with Gasteiger partial charge in [-0.1, -0.05) is 30.3 Å². The van der Waals surface area contributed by atoms with Crippen molar-refractivity contribution >= 4 is 7.92 Å². The Kier molecular flexibility index (Phi) is 9.62. The van der Waals surface area contributed by atoms with Gasteiger partial charge >= 0.3 is 106 Å². The zero-order chi connectivity index (χ0) is 15.9. The van der Waals surface area contributed by atoms with Crippen molar-refractivity contribution in [1.29, 1.82) is 0 Å². The second-order valence-electron chi connectivity index (χ2n) is 5.25. The van der Waals surface area contributed by atoms with E-state index in [0.717, 1.165) is 12.1 Å². The molecule has 3 nitrogen and oxygen atoms in total. The molecular weight excluding hydrogens is 463 g/mol. The summed E-state index contributed by atoms with van der Waals surface area (Å²) in [5.41, 5.74) is 6.36. The van der Waals surface area contributed by atoms with Gasteiger partial charge in [0.2, 0.25) is 0 Å². The largest absolute Gasteiger partial charge is 1.00 e. The average Bonchev–Trinajstić information content (AvgIpc) is 2.62. The number of pyridine rings is 2. The van der Waals surface area contributed by atoms with Crippen LogP contribution < -0.4 is 43.1 Å². The van der Waals surface area contributed by atoms with Crippen LogP contribution in [0.3, 0.4) is 0 Å². The fraction of sp³-hybridized carbons (Fsp3) is 0.105. The predicted octanol–water partition coefficient (Wildman–Crippen LogP) is -2.76. The smallest absolute Gasteiger partial charge is 1.00 e. The molecule has 0 aliphatic heterocycles. The number of nitrogens with zero attached hydrogens (tertiary/aromatic N) is 2.